The van der Waals surface area contributed by atoms with E-state index >= 15 is 0 Å². The lowest BCUT2D eigenvalue weighted by molar-refractivity contribution is -0.139. The first-order valence-electron chi connectivity index (χ1n) is 5.80. The predicted octanol–water partition coefficient (Wildman–Crippen LogP) is 1.17. The van der Waals surface area contributed by atoms with Crippen LogP contribution in [0.2, 0.25) is 0 Å². The molecule has 104 valence electrons. The number of benzene rings is 1. The van der Waals surface area contributed by atoms with Crippen molar-refractivity contribution < 1.29 is 19.4 Å². The van der Waals surface area contributed by atoms with Gasteiger partial charge in [-0.3, -0.25) is 4.79 Å². The van der Waals surface area contributed by atoms with Gasteiger partial charge >= 0.3 is 5.97 Å². The Balaban J connectivity index is 2.29. The van der Waals surface area contributed by atoms with Crippen molar-refractivity contribution in [2.24, 2.45) is 0 Å². The first-order chi connectivity index (χ1) is 9.17. The Morgan fingerprint density at radius 2 is 2.16 bits per heavy atom. The Kier molecular flexibility index (Phi) is 6.81. The summed E-state index contributed by atoms with van der Waals surface area (Å²) in [5.74, 6) is 0.975. The third kappa shape index (κ3) is 5.65. The number of thioether (sulfide) groups is 1. The van der Waals surface area contributed by atoms with Crippen LogP contribution in [0.5, 0.6) is 5.75 Å². The molecule has 0 bridgehead atoms. The number of aryl methyl sites for hydroxylation is 1. The Hall–Kier alpha value is -1.69. The van der Waals surface area contributed by atoms with E-state index in [1.54, 1.807) is 7.11 Å². The normalized spacial score (nSPS) is 11.6. The summed E-state index contributed by atoms with van der Waals surface area (Å²) in [6, 6.07) is 6.94. The van der Waals surface area contributed by atoms with E-state index in [-0.39, 0.29) is 0 Å². The molecule has 0 saturated heterocycles. The maximum absolute atomic E-state index is 10.8. The van der Waals surface area contributed by atoms with Crippen molar-refractivity contribution >= 4 is 24.1 Å². The molecule has 1 aromatic carbocycles. The number of ether oxygens (including phenoxy) is 1. The molecular weight excluding hydrogens is 266 g/mol. The van der Waals surface area contributed by atoms with Gasteiger partial charge in [-0.05, 0) is 29.9 Å². The van der Waals surface area contributed by atoms with Gasteiger partial charge in [0.1, 0.15) is 11.8 Å². The monoisotopic (exact) mass is 283 g/mol. The fraction of sp³-hybridized carbons (Fsp3) is 0.385. The molecule has 2 N–H and O–H groups in total. The number of rotatable bonds is 9. The van der Waals surface area contributed by atoms with Gasteiger partial charge in [-0.1, -0.05) is 12.1 Å². The van der Waals surface area contributed by atoms with Crippen molar-refractivity contribution in [1.82, 2.24) is 5.32 Å². The van der Waals surface area contributed by atoms with Gasteiger partial charge in [-0.25, -0.2) is 4.79 Å². The SMILES string of the molecule is COc1ccc(CCSCC(NC=O)C(=O)O)cc1. The number of methoxy groups -OCH3 is 1. The fourth-order valence-corrected chi connectivity index (χ4v) is 2.48. The summed E-state index contributed by atoms with van der Waals surface area (Å²) in [6.07, 6.45) is 1.27. The highest BCUT2D eigenvalue weighted by atomic mass is 32.2. The van der Waals surface area contributed by atoms with Gasteiger partial charge in [0.05, 0.1) is 7.11 Å². The maximum Gasteiger partial charge on any atom is 0.327 e. The van der Waals surface area contributed by atoms with Gasteiger partial charge in [0.2, 0.25) is 6.41 Å². The lowest BCUT2D eigenvalue weighted by Gasteiger charge is -2.10. The lowest BCUT2D eigenvalue weighted by Crippen LogP contribution is -2.37. The zero-order valence-corrected chi connectivity index (χ0v) is 11.5. The summed E-state index contributed by atoms with van der Waals surface area (Å²) in [4.78, 5) is 21.0. The van der Waals surface area contributed by atoms with Gasteiger partial charge in [0.25, 0.3) is 0 Å². The van der Waals surface area contributed by atoms with Crippen LogP contribution in [-0.4, -0.2) is 42.1 Å². The molecule has 5 nitrogen and oxygen atoms in total. The van der Waals surface area contributed by atoms with Crippen LogP contribution in [0.1, 0.15) is 5.56 Å². The molecule has 1 unspecified atom stereocenters. The predicted molar refractivity (Wildman–Crippen MR) is 74.6 cm³/mol. The first kappa shape index (κ1) is 15.4. The third-order valence-electron chi connectivity index (χ3n) is 2.55. The topological polar surface area (TPSA) is 75.6 Å². The highest BCUT2D eigenvalue weighted by Crippen LogP contribution is 2.13. The molecule has 1 atom stereocenters. The van der Waals surface area contributed by atoms with Crippen molar-refractivity contribution in [2.75, 3.05) is 18.6 Å². The average molecular weight is 283 g/mol. The van der Waals surface area contributed by atoms with Crippen LogP contribution in [0.4, 0.5) is 0 Å². The first-order valence-corrected chi connectivity index (χ1v) is 6.96. The molecule has 1 aromatic rings. The van der Waals surface area contributed by atoms with Crippen LogP contribution < -0.4 is 10.1 Å². The molecule has 0 spiro atoms. The van der Waals surface area contributed by atoms with Crippen LogP contribution in [0.15, 0.2) is 24.3 Å². The molecule has 0 saturated carbocycles. The maximum atomic E-state index is 10.8. The number of hydrogen-bond donors (Lipinski definition) is 2. The molecule has 1 rings (SSSR count). The zero-order chi connectivity index (χ0) is 14.1. The summed E-state index contributed by atoms with van der Waals surface area (Å²) >= 11 is 1.50. The van der Waals surface area contributed by atoms with Gasteiger partial charge in [0, 0.05) is 5.75 Å². The van der Waals surface area contributed by atoms with Gasteiger partial charge < -0.3 is 15.2 Å². The summed E-state index contributed by atoms with van der Waals surface area (Å²) < 4.78 is 5.07. The molecule has 0 aromatic heterocycles. The summed E-state index contributed by atoms with van der Waals surface area (Å²) in [7, 11) is 1.62. The molecule has 1 amide bonds. The molecule has 0 fully saturated rings. The van der Waals surface area contributed by atoms with E-state index in [1.165, 1.54) is 17.3 Å². The van der Waals surface area contributed by atoms with Gasteiger partial charge in [0.15, 0.2) is 0 Å². The Morgan fingerprint density at radius 1 is 1.47 bits per heavy atom. The van der Waals surface area contributed by atoms with Crippen LogP contribution >= 0.6 is 11.8 Å². The molecule has 0 aliphatic rings. The molecule has 6 heteroatoms. The minimum absolute atomic E-state index is 0.365. The zero-order valence-electron chi connectivity index (χ0n) is 10.7. The Bertz CT molecular complexity index is 408. The standard InChI is InChI=1S/C13H17NO4S/c1-18-11-4-2-10(3-5-11)6-7-19-8-12(13(16)17)14-9-15/h2-5,9,12H,6-8H2,1H3,(H,14,15)(H,16,17). The second-order valence-corrected chi connectivity index (χ2v) is 5.00. The molecular formula is C13H17NO4S. The van der Waals surface area contributed by atoms with Gasteiger partial charge in [-0.2, -0.15) is 11.8 Å². The van der Waals surface area contributed by atoms with E-state index in [1.807, 2.05) is 24.3 Å². The van der Waals surface area contributed by atoms with Crippen molar-refractivity contribution in [3.05, 3.63) is 29.8 Å². The number of carbonyl (C=O) groups is 2. The second kappa shape index (κ2) is 8.42. The van der Waals surface area contributed by atoms with E-state index < -0.39 is 12.0 Å². The van der Waals surface area contributed by atoms with Crippen molar-refractivity contribution in [2.45, 2.75) is 12.5 Å². The largest absolute Gasteiger partial charge is 0.497 e. The smallest absolute Gasteiger partial charge is 0.327 e. The van der Waals surface area contributed by atoms with Crippen LogP contribution in [0.25, 0.3) is 0 Å². The van der Waals surface area contributed by atoms with Crippen molar-refractivity contribution in [1.29, 1.82) is 0 Å². The highest BCUT2D eigenvalue weighted by molar-refractivity contribution is 7.99. The minimum Gasteiger partial charge on any atom is -0.497 e. The van der Waals surface area contributed by atoms with E-state index in [9.17, 15) is 9.59 Å². The van der Waals surface area contributed by atoms with Crippen molar-refractivity contribution in [3.8, 4) is 5.75 Å². The van der Waals surface area contributed by atoms with Gasteiger partial charge in [-0.15, -0.1) is 0 Å². The molecule has 19 heavy (non-hydrogen) atoms. The molecule has 0 radical (unpaired) electrons. The molecule has 0 aliphatic heterocycles. The molecule has 0 heterocycles. The van der Waals surface area contributed by atoms with Crippen LogP contribution in [0, 0.1) is 0 Å². The number of carboxylic acid groups (broad SMARTS) is 1. The van der Waals surface area contributed by atoms with Crippen LogP contribution in [0.3, 0.4) is 0 Å². The Morgan fingerprint density at radius 3 is 2.68 bits per heavy atom. The lowest BCUT2D eigenvalue weighted by atomic mass is 10.2. The summed E-state index contributed by atoms with van der Waals surface area (Å²) in [6.45, 7) is 0. The number of carbonyl (C=O) groups excluding carboxylic acids is 1. The number of aliphatic carboxylic acids is 1. The van der Waals surface area contributed by atoms with E-state index in [0.29, 0.717) is 12.2 Å². The number of nitrogens with one attached hydrogen (secondary N) is 1. The quantitative estimate of drug-likeness (QED) is 0.525. The highest BCUT2D eigenvalue weighted by Gasteiger charge is 2.15. The number of amides is 1. The van der Waals surface area contributed by atoms with Crippen LogP contribution in [-0.2, 0) is 16.0 Å². The summed E-state index contributed by atoms with van der Waals surface area (Å²) in [5, 5.41) is 11.1. The Labute approximate surface area is 116 Å². The van der Waals surface area contributed by atoms with Crippen molar-refractivity contribution in [3.63, 3.8) is 0 Å². The molecule has 0 aliphatic carbocycles. The fourth-order valence-electron chi connectivity index (χ4n) is 1.46. The number of carboxylic acids is 1. The average Bonchev–Trinajstić information content (AvgIpc) is 2.42. The second-order valence-electron chi connectivity index (χ2n) is 3.85. The van der Waals surface area contributed by atoms with E-state index in [2.05, 4.69) is 5.32 Å². The summed E-state index contributed by atoms with van der Waals surface area (Å²) in [5.41, 5.74) is 1.17. The third-order valence-corrected chi connectivity index (χ3v) is 3.61. The van der Waals surface area contributed by atoms with E-state index in [0.717, 1.165) is 17.9 Å². The van der Waals surface area contributed by atoms with E-state index in [4.69, 9.17) is 9.84 Å². The number of hydrogen-bond acceptors (Lipinski definition) is 4. The minimum atomic E-state index is -1.01.